The Morgan fingerprint density at radius 1 is 0.988 bits per heavy atom. The van der Waals surface area contributed by atoms with Gasteiger partial charge in [0, 0.05) is 145 Å². The first-order valence-corrected chi connectivity index (χ1v) is 28.9. The third-order valence-electron chi connectivity index (χ3n) is 15.2. The molecule has 8 rings (SSSR count). The first-order valence-electron chi connectivity index (χ1n) is 28.2. The maximum atomic E-state index is 12.3. The number of aliphatic hydroxyl groups is 2. The minimum absolute atomic E-state index is 0. The number of piperidine rings is 1. The van der Waals surface area contributed by atoms with Gasteiger partial charge >= 0.3 is 0 Å². The molecule has 2 aliphatic heterocycles. The number of halogens is 2. The zero-order chi connectivity index (χ0) is 57.0. The van der Waals surface area contributed by atoms with E-state index in [1.165, 1.54) is 37.7 Å². The van der Waals surface area contributed by atoms with Crippen LogP contribution in [0.1, 0.15) is 116 Å². The number of aliphatic hydroxyl groups excluding tert-OH is 1. The summed E-state index contributed by atoms with van der Waals surface area (Å²) in [6, 6.07) is 22.1. The van der Waals surface area contributed by atoms with Crippen LogP contribution in [0.3, 0.4) is 0 Å². The van der Waals surface area contributed by atoms with E-state index in [1.54, 1.807) is 15.9 Å². The first-order chi connectivity index (χ1) is 38.7. The number of carbonyl (C=O) groups excluding carboxylic acids is 3. The van der Waals surface area contributed by atoms with Crippen LogP contribution in [0.25, 0.3) is 38.7 Å². The molecule has 0 bridgehead atoms. The summed E-state index contributed by atoms with van der Waals surface area (Å²) in [4.78, 5) is 48.3. The van der Waals surface area contributed by atoms with Crippen molar-refractivity contribution in [3.8, 4) is 22.5 Å². The van der Waals surface area contributed by atoms with E-state index in [4.69, 9.17) is 28.3 Å². The standard InChI is InChI=1S/C51H69Cl2N12O4.C10H12O.Y/c1-36(56-22-27-65-24-18-43(60-65)39-28-41(52)47(53)49-46(39)40-30-64(45(68)32-67)23-17-42(40)58-49)12-10-8-6-5-7-9-11-21-54-34-55-29-37-13-15-38(16-14-37)50-48(44(31-66)59-63(50)4)57-35-62(3)33-51(69)19-25-61(2)26-20-51;1-9(7-8-11)10-5-3-2-4-6-10;/h13-16,18,24,28,31,35,55-56,58,67,69H,1,5-12,17,19-23,25-27,29-30,32-34H2,2-4H3;2-6,8-9H,7H2,1H3;/q-1;;. The number of amides is 1. The van der Waals surface area contributed by atoms with Crippen LogP contribution in [-0.2, 0) is 75.4 Å². The van der Waals surface area contributed by atoms with Gasteiger partial charge in [-0.1, -0.05) is 136 Å². The zero-order valence-corrected chi connectivity index (χ0v) is 52.0. The number of aryl methyl sites for hydroxylation is 1. The number of aromatic nitrogens is 5. The molecule has 1 amide bonds. The number of rotatable bonds is 29. The molecule has 1 radical (unpaired) electrons. The molecular formula is C61H81Cl2N12O5Y-. The van der Waals surface area contributed by atoms with Gasteiger partial charge in [-0.25, -0.2) is 4.99 Å². The van der Waals surface area contributed by atoms with Crippen molar-refractivity contribution in [1.29, 1.82) is 0 Å². The van der Waals surface area contributed by atoms with E-state index in [-0.39, 0.29) is 44.3 Å². The topological polar surface area (TPSA) is 203 Å². The number of hydrogen-bond acceptors (Lipinski definition) is 11. The number of allylic oxidation sites excluding steroid dienone is 1. The van der Waals surface area contributed by atoms with Crippen LogP contribution in [0, 0.1) is 0 Å². The Kier molecular flexibility index (Phi) is 26.3. The van der Waals surface area contributed by atoms with Crippen molar-refractivity contribution in [2.24, 2.45) is 12.0 Å². The van der Waals surface area contributed by atoms with Gasteiger partial charge in [-0.2, -0.15) is 10.2 Å². The summed E-state index contributed by atoms with van der Waals surface area (Å²) in [5.74, 6) is 0.0597. The van der Waals surface area contributed by atoms with Crippen molar-refractivity contribution in [1.82, 2.24) is 49.9 Å². The van der Waals surface area contributed by atoms with Crippen LogP contribution in [0.2, 0.25) is 10.0 Å². The molecule has 2 aliphatic rings. The van der Waals surface area contributed by atoms with E-state index in [1.807, 2.05) is 84.5 Å². The average molecular weight is 1220 g/mol. The molecule has 433 valence electrons. The molecule has 3 aromatic heterocycles. The Balaban J connectivity index is 0.000000787. The van der Waals surface area contributed by atoms with Crippen LogP contribution in [-0.4, -0.2) is 147 Å². The minimum atomic E-state index is -0.760. The molecule has 81 heavy (non-hydrogen) atoms. The minimum Gasteiger partial charge on any atom is -0.650 e. The first kappa shape index (κ1) is 65.1. The molecule has 3 aromatic carbocycles. The van der Waals surface area contributed by atoms with Crippen molar-refractivity contribution >= 4 is 64.6 Å². The number of aromatic amines is 1. The van der Waals surface area contributed by atoms with Gasteiger partial charge in [-0.3, -0.25) is 19.0 Å². The summed E-state index contributed by atoms with van der Waals surface area (Å²) in [6.45, 7) is 12.4. The fourth-order valence-electron chi connectivity index (χ4n) is 10.5. The number of nitrogens with zero attached hydrogens (tertiary/aromatic N) is 9. The number of unbranched alkanes of at least 4 members (excludes halogenated alkanes) is 6. The number of carbonyl (C=O) groups is 3. The number of benzene rings is 3. The Bertz CT molecular complexity index is 2990. The molecule has 5 N–H and O–H groups in total. The number of H-pyrrole nitrogens is 1. The molecule has 0 aliphatic carbocycles. The van der Waals surface area contributed by atoms with Crippen molar-refractivity contribution in [2.75, 3.05) is 66.6 Å². The van der Waals surface area contributed by atoms with Crippen molar-refractivity contribution < 1.29 is 57.3 Å². The molecule has 17 nitrogen and oxygen atoms in total. The molecule has 6 aromatic rings. The van der Waals surface area contributed by atoms with Crippen LogP contribution in [0.4, 0.5) is 5.69 Å². The SMILES string of the molecule is C=C(CCCCCCCCC[N-]CNCc1ccc(-c2c(N=CN(C)CC3(O)CCN(C)CC3)c(C=O)nn2C)cc1)NCCn1ccc(-c2cc(Cl)c(Cl)c3[nH]c4c(c23)CN(C(=O)CO)CC4)n1.CC(CC=O)c1ccccc1.[Y]. The number of likely N-dealkylation sites (tertiary alicyclic amines) is 1. The molecule has 1 saturated heterocycles. The number of fused-ring (bicyclic) bond motifs is 3. The Morgan fingerprint density at radius 3 is 2.41 bits per heavy atom. The average Bonchev–Trinajstić information content (AvgIpc) is 4.41. The molecule has 5 heterocycles. The van der Waals surface area contributed by atoms with Gasteiger partial charge in [0.1, 0.15) is 18.6 Å². The van der Waals surface area contributed by atoms with E-state index in [0.29, 0.717) is 93.3 Å². The predicted octanol–water partition coefficient (Wildman–Crippen LogP) is 10.2. The van der Waals surface area contributed by atoms with Crippen LogP contribution in [0.15, 0.2) is 90.2 Å². The molecule has 1 fully saturated rings. The summed E-state index contributed by atoms with van der Waals surface area (Å²) in [6.07, 6.45) is 17.2. The van der Waals surface area contributed by atoms with Gasteiger partial charge in [0.25, 0.3) is 0 Å². The molecule has 1 unspecified atom stereocenters. The van der Waals surface area contributed by atoms with E-state index < -0.39 is 12.2 Å². The van der Waals surface area contributed by atoms with E-state index in [9.17, 15) is 24.6 Å². The summed E-state index contributed by atoms with van der Waals surface area (Å²) in [5.41, 5.74) is 9.50. The maximum Gasteiger partial charge on any atom is 0.248 e. The predicted molar refractivity (Wildman–Crippen MR) is 322 cm³/mol. The van der Waals surface area contributed by atoms with Gasteiger partial charge in [0.2, 0.25) is 5.91 Å². The monoisotopic (exact) mass is 1220 g/mol. The summed E-state index contributed by atoms with van der Waals surface area (Å²) < 4.78 is 3.60. The van der Waals surface area contributed by atoms with Crippen molar-refractivity contribution in [3.63, 3.8) is 0 Å². The van der Waals surface area contributed by atoms with Gasteiger partial charge in [0.05, 0.1) is 45.4 Å². The molecular weight excluding hydrogens is 1140 g/mol. The molecule has 1 atom stereocenters. The molecule has 0 spiro atoms. The Hall–Kier alpha value is -5.08. The van der Waals surface area contributed by atoms with Crippen LogP contribution in [0.5, 0.6) is 0 Å². The molecule has 0 saturated carbocycles. The number of aldehydes is 2. The van der Waals surface area contributed by atoms with E-state index >= 15 is 0 Å². The van der Waals surface area contributed by atoms with Gasteiger partial charge in [-0.05, 0) is 61.9 Å². The third-order valence-corrected chi connectivity index (χ3v) is 15.9. The summed E-state index contributed by atoms with van der Waals surface area (Å²) in [5, 5.41) is 43.2. The van der Waals surface area contributed by atoms with Crippen molar-refractivity contribution in [2.45, 2.75) is 115 Å². The zero-order valence-electron chi connectivity index (χ0n) is 47.7. The Labute approximate surface area is 513 Å². The Morgan fingerprint density at radius 2 is 1.70 bits per heavy atom. The molecule has 20 heteroatoms. The van der Waals surface area contributed by atoms with E-state index in [0.717, 1.165) is 107 Å². The smallest absolute Gasteiger partial charge is 0.248 e. The van der Waals surface area contributed by atoms with Crippen LogP contribution >= 0.6 is 23.2 Å². The van der Waals surface area contributed by atoms with Crippen molar-refractivity contribution in [3.05, 3.63) is 129 Å². The number of nitrogens with one attached hydrogen (secondary N) is 3. The third kappa shape index (κ3) is 18.7. The summed E-state index contributed by atoms with van der Waals surface area (Å²) >= 11 is 13.2. The second kappa shape index (κ2) is 32.7. The fourth-order valence-corrected chi connectivity index (χ4v) is 10.9. The number of aliphatic imine (C=N–C) groups is 1. The second-order valence-corrected chi connectivity index (χ2v) is 22.2. The van der Waals surface area contributed by atoms with E-state index in [2.05, 4.69) is 68.6 Å². The van der Waals surface area contributed by atoms with Gasteiger partial charge < -0.3 is 50.6 Å². The fraction of sp³-hybridized carbons (Fsp3) is 0.475. The normalized spacial score (nSPS) is 14.5. The van der Waals surface area contributed by atoms with Crippen LogP contribution < -0.4 is 10.6 Å². The second-order valence-electron chi connectivity index (χ2n) is 21.4. The van der Waals surface area contributed by atoms with Gasteiger partial charge in [-0.15, -0.1) is 6.54 Å². The summed E-state index contributed by atoms with van der Waals surface area (Å²) in [7, 11) is 5.79. The number of likely N-dealkylation sites (N-methyl/N-ethyl adjacent to an activating group) is 1. The maximum absolute atomic E-state index is 12.3. The largest absolute Gasteiger partial charge is 0.650 e. The number of hydrogen-bond donors (Lipinski definition) is 5. The quantitative estimate of drug-likeness (QED) is 0.0129. The van der Waals surface area contributed by atoms with Gasteiger partial charge in [0.15, 0.2) is 12.0 Å².